The van der Waals surface area contributed by atoms with Crippen LogP contribution in [0.3, 0.4) is 0 Å². The Kier molecular flexibility index (Phi) is 3.97. The monoisotopic (exact) mass is 260 g/mol. The Hall–Kier alpha value is -2.14. The van der Waals surface area contributed by atoms with Crippen LogP contribution in [0.4, 0.5) is 0 Å². The maximum absolute atomic E-state index is 11.8. The lowest BCUT2D eigenvalue weighted by molar-refractivity contribution is 0.0910. The number of aliphatic hydroxyl groups is 1. The van der Waals surface area contributed by atoms with Gasteiger partial charge in [0.2, 0.25) is 0 Å². The number of hydrogen-bond donors (Lipinski definition) is 2. The molecule has 100 valence electrons. The Labute approximate surface area is 111 Å². The van der Waals surface area contributed by atoms with Crippen molar-refractivity contribution >= 4 is 5.91 Å². The molecule has 1 amide bonds. The fraction of sp³-hybridized carbons (Fsp3) is 0.286. The maximum Gasteiger partial charge on any atom is 0.273 e. The third-order valence-electron chi connectivity index (χ3n) is 2.96. The summed E-state index contributed by atoms with van der Waals surface area (Å²) < 4.78 is 4.96. The molecule has 5 nitrogen and oxygen atoms in total. The van der Waals surface area contributed by atoms with E-state index in [0.29, 0.717) is 5.76 Å². The number of aliphatic hydroxyl groups excluding tert-OH is 1. The average Bonchev–Trinajstić information content (AvgIpc) is 2.82. The van der Waals surface area contributed by atoms with Gasteiger partial charge in [0.1, 0.15) is 5.76 Å². The van der Waals surface area contributed by atoms with Gasteiger partial charge in [0.25, 0.3) is 5.91 Å². The van der Waals surface area contributed by atoms with Gasteiger partial charge in [0.05, 0.1) is 6.10 Å². The quantitative estimate of drug-likeness (QED) is 0.878. The molecule has 1 atom stereocenters. The summed E-state index contributed by atoms with van der Waals surface area (Å²) >= 11 is 0. The number of aryl methyl sites for hydroxylation is 2. The molecule has 2 N–H and O–H groups in total. The van der Waals surface area contributed by atoms with Crippen molar-refractivity contribution in [1.82, 2.24) is 10.3 Å². The molecule has 0 fully saturated rings. The first-order chi connectivity index (χ1) is 9.09. The molecule has 0 radical (unpaired) electrons. The van der Waals surface area contributed by atoms with Crippen LogP contribution in [0, 0.1) is 13.8 Å². The molecule has 1 aromatic carbocycles. The fourth-order valence-corrected chi connectivity index (χ4v) is 1.87. The van der Waals surface area contributed by atoms with E-state index in [-0.39, 0.29) is 18.1 Å². The topological polar surface area (TPSA) is 75.4 Å². The van der Waals surface area contributed by atoms with Crippen LogP contribution < -0.4 is 5.32 Å². The summed E-state index contributed by atoms with van der Waals surface area (Å²) in [6.07, 6.45) is 0.486. The maximum atomic E-state index is 11.8. The number of benzene rings is 1. The van der Waals surface area contributed by atoms with Gasteiger partial charge >= 0.3 is 0 Å². The number of nitrogens with one attached hydrogen (secondary N) is 1. The molecule has 5 heteroatoms. The van der Waals surface area contributed by atoms with Crippen LogP contribution in [0.25, 0.3) is 0 Å². The van der Waals surface area contributed by atoms with Crippen molar-refractivity contribution in [3.8, 4) is 0 Å². The molecule has 0 spiro atoms. The minimum absolute atomic E-state index is 0.135. The zero-order chi connectivity index (χ0) is 13.8. The van der Waals surface area contributed by atoms with Gasteiger partial charge in [0, 0.05) is 6.54 Å². The predicted octanol–water partition coefficient (Wildman–Crippen LogP) is 1.75. The van der Waals surface area contributed by atoms with Gasteiger partial charge in [-0.15, -0.1) is 0 Å². The van der Waals surface area contributed by atoms with Gasteiger partial charge in [-0.3, -0.25) is 4.79 Å². The van der Waals surface area contributed by atoms with Crippen molar-refractivity contribution < 1.29 is 14.3 Å². The van der Waals surface area contributed by atoms with Crippen LogP contribution in [-0.4, -0.2) is 22.5 Å². The molecule has 0 saturated carbocycles. The Morgan fingerprint density at radius 1 is 1.42 bits per heavy atom. The molecule has 0 aliphatic heterocycles. The van der Waals surface area contributed by atoms with Crippen LogP contribution in [0.5, 0.6) is 0 Å². The zero-order valence-corrected chi connectivity index (χ0v) is 10.9. The van der Waals surface area contributed by atoms with Crippen molar-refractivity contribution in [3.05, 3.63) is 53.2 Å². The van der Waals surface area contributed by atoms with E-state index in [4.69, 9.17) is 4.42 Å². The van der Waals surface area contributed by atoms with E-state index in [9.17, 15) is 9.90 Å². The molecule has 1 unspecified atom stereocenters. The van der Waals surface area contributed by atoms with Crippen LogP contribution in [-0.2, 0) is 0 Å². The standard InChI is InChI=1S/C14H16N2O3/c1-9-5-3-4-6-11(9)12(17)7-15-14(18)13-10(2)19-8-16-13/h3-6,8,12,17H,7H2,1-2H3,(H,15,18). The minimum Gasteiger partial charge on any atom is -0.448 e. The normalized spacial score (nSPS) is 12.2. The summed E-state index contributed by atoms with van der Waals surface area (Å²) in [7, 11) is 0. The third-order valence-corrected chi connectivity index (χ3v) is 2.96. The molecule has 1 heterocycles. The van der Waals surface area contributed by atoms with Crippen molar-refractivity contribution in [3.63, 3.8) is 0 Å². The molecular formula is C14H16N2O3. The molecule has 0 aliphatic rings. The lowest BCUT2D eigenvalue weighted by Gasteiger charge is -2.14. The smallest absolute Gasteiger partial charge is 0.273 e. The van der Waals surface area contributed by atoms with Crippen molar-refractivity contribution in [2.24, 2.45) is 0 Å². The van der Waals surface area contributed by atoms with E-state index >= 15 is 0 Å². The number of amides is 1. The van der Waals surface area contributed by atoms with E-state index in [1.807, 2.05) is 31.2 Å². The molecule has 0 aliphatic carbocycles. The first kappa shape index (κ1) is 13.3. The Morgan fingerprint density at radius 2 is 2.16 bits per heavy atom. The van der Waals surface area contributed by atoms with Crippen molar-refractivity contribution in [1.29, 1.82) is 0 Å². The van der Waals surface area contributed by atoms with Crippen LogP contribution in [0.15, 0.2) is 35.1 Å². The second-order valence-electron chi connectivity index (χ2n) is 4.34. The van der Waals surface area contributed by atoms with Crippen LogP contribution >= 0.6 is 0 Å². The van der Waals surface area contributed by atoms with Gasteiger partial charge in [0.15, 0.2) is 12.1 Å². The zero-order valence-electron chi connectivity index (χ0n) is 10.9. The Morgan fingerprint density at radius 3 is 2.79 bits per heavy atom. The minimum atomic E-state index is -0.739. The number of carbonyl (C=O) groups is 1. The Balaban J connectivity index is 1.98. The van der Waals surface area contributed by atoms with E-state index < -0.39 is 6.10 Å². The molecule has 0 saturated heterocycles. The number of rotatable bonds is 4. The second-order valence-corrected chi connectivity index (χ2v) is 4.34. The van der Waals surface area contributed by atoms with Crippen molar-refractivity contribution in [2.45, 2.75) is 20.0 Å². The highest BCUT2D eigenvalue weighted by molar-refractivity contribution is 5.93. The van der Waals surface area contributed by atoms with Crippen LogP contribution in [0.1, 0.15) is 33.5 Å². The van der Waals surface area contributed by atoms with Crippen LogP contribution in [0.2, 0.25) is 0 Å². The summed E-state index contributed by atoms with van der Waals surface area (Å²) in [6.45, 7) is 3.72. The Bertz CT molecular complexity index is 578. The summed E-state index contributed by atoms with van der Waals surface area (Å²) in [5.74, 6) is 0.113. The summed E-state index contributed by atoms with van der Waals surface area (Å²) in [5, 5.41) is 12.7. The first-order valence-corrected chi connectivity index (χ1v) is 6.01. The highest BCUT2D eigenvalue weighted by Gasteiger charge is 2.16. The second kappa shape index (κ2) is 5.67. The molecule has 19 heavy (non-hydrogen) atoms. The molecule has 0 bridgehead atoms. The third kappa shape index (κ3) is 3.00. The number of aromatic nitrogens is 1. The number of carbonyl (C=O) groups excluding carboxylic acids is 1. The van der Waals surface area contributed by atoms with Gasteiger partial charge in [-0.1, -0.05) is 24.3 Å². The predicted molar refractivity (Wildman–Crippen MR) is 69.7 cm³/mol. The van der Waals surface area contributed by atoms with Gasteiger partial charge in [-0.05, 0) is 25.0 Å². The lowest BCUT2D eigenvalue weighted by Crippen LogP contribution is -2.29. The molecule has 2 aromatic rings. The summed E-state index contributed by atoms with van der Waals surface area (Å²) in [5.41, 5.74) is 2.04. The average molecular weight is 260 g/mol. The van der Waals surface area contributed by atoms with E-state index in [0.717, 1.165) is 11.1 Å². The van der Waals surface area contributed by atoms with Crippen molar-refractivity contribution in [2.75, 3.05) is 6.54 Å². The number of hydrogen-bond acceptors (Lipinski definition) is 4. The highest BCUT2D eigenvalue weighted by Crippen LogP contribution is 2.16. The van der Waals surface area contributed by atoms with Gasteiger partial charge in [-0.25, -0.2) is 4.98 Å². The lowest BCUT2D eigenvalue weighted by atomic mass is 10.0. The van der Waals surface area contributed by atoms with E-state index in [1.165, 1.54) is 6.39 Å². The fourth-order valence-electron chi connectivity index (χ4n) is 1.87. The highest BCUT2D eigenvalue weighted by atomic mass is 16.3. The molecular weight excluding hydrogens is 244 g/mol. The summed E-state index contributed by atoms with van der Waals surface area (Å²) in [4.78, 5) is 15.6. The first-order valence-electron chi connectivity index (χ1n) is 6.01. The van der Waals surface area contributed by atoms with E-state index in [1.54, 1.807) is 6.92 Å². The number of oxazole rings is 1. The SMILES string of the molecule is Cc1ccccc1C(O)CNC(=O)c1ncoc1C. The summed E-state index contributed by atoms with van der Waals surface area (Å²) in [6, 6.07) is 7.52. The van der Waals surface area contributed by atoms with E-state index in [2.05, 4.69) is 10.3 Å². The van der Waals surface area contributed by atoms with Gasteiger partial charge in [-0.2, -0.15) is 0 Å². The molecule has 1 aromatic heterocycles. The molecule has 2 rings (SSSR count). The largest absolute Gasteiger partial charge is 0.448 e. The number of nitrogens with zero attached hydrogens (tertiary/aromatic N) is 1. The van der Waals surface area contributed by atoms with Gasteiger partial charge < -0.3 is 14.8 Å².